The zero-order valence-corrected chi connectivity index (χ0v) is 5.39. The molecule has 0 unspecified atom stereocenters. The molecule has 0 atom stereocenters. The predicted octanol–water partition coefficient (Wildman–Crippen LogP) is 2.86. The van der Waals surface area contributed by atoms with E-state index in [2.05, 4.69) is 0 Å². The van der Waals surface area contributed by atoms with Gasteiger partial charge >= 0.3 is 0 Å². The molecule has 1 fully saturated rings. The minimum absolute atomic E-state index is 0.492. The first-order valence-electron chi connectivity index (χ1n) is 2.34. The molecule has 0 aromatic carbocycles. The van der Waals surface area contributed by atoms with Gasteiger partial charge in [-0.3, -0.25) is 0 Å². The van der Waals surface area contributed by atoms with Crippen LogP contribution in [0.15, 0.2) is 10.1 Å². The van der Waals surface area contributed by atoms with Crippen molar-refractivity contribution >= 4 is 23.2 Å². The fourth-order valence-corrected chi connectivity index (χ4v) is 0.921. The summed E-state index contributed by atoms with van der Waals surface area (Å²) >= 11 is 10.8. The largest absolute Gasteiger partial charge is 0.106 e. The van der Waals surface area contributed by atoms with E-state index in [1.807, 2.05) is 0 Å². The highest BCUT2D eigenvalue weighted by Crippen LogP contribution is 2.31. The zero-order chi connectivity index (χ0) is 5.28. The number of rotatable bonds is 0. The van der Waals surface area contributed by atoms with Gasteiger partial charge in [0.25, 0.3) is 0 Å². The fraction of sp³-hybridized carbons (Fsp3) is 0.600. The summed E-state index contributed by atoms with van der Waals surface area (Å²) in [4.78, 5) is 0. The maximum atomic E-state index is 5.42. The second-order valence-electron chi connectivity index (χ2n) is 1.72. The summed E-state index contributed by atoms with van der Waals surface area (Å²) in [5.74, 6) is 0. The first-order valence-corrected chi connectivity index (χ1v) is 3.09. The molecular weight excluding hydrogens is 131 g/mol. The van der Waals surface area contributed by atoms with Crippen LogP contribution in [0.2, 0.25) is 0 Å². The third-order valence-electron chi connectivity index (χ3n) is 1.22. The molecule has 0 N–H and O–H groups in total. The Hall–Kier alpha value is 0.320. The fourth-order valence-electron chi connectivity index (χ4n) is 0.543. The molecular formula is C5H6Cl2. The average Bonchev–Trinajstić information content (AvgIpc) is 1.23. The molecule has 1 aliphatic rings. The van der Waals surface area contributed by atoms with Crippen LogP contribution in [0.25, 0.3) is 0 Å². The molecule has 0 bridgehead atoms. The number of hydrogen-bond donors (Lipinski definition) is 0. The van der Waals surface area contributed by atoms with Crippen molar-refractivity contribution in [2.45, 2.75) is 19.3 Å². The molecule has 40 valence electrons. The molecule has 2 heteroatoms. The van der Waals surface area contributed by atoms with Gasteiger partial charge in [0.2, 0.25) is 0 Å². The Labute approximate surface area is 53.1 Å². The SMILES string of the molecule is ClC(Cl)=C1CCC1. The molecule has 0 radical (unpaired) electrons. The quantitative estimate of drug-likeness (QED) is 0.481. The van der Waals surface area contributed by atoms with E-state index in [-0.39, 0.29) is 0 Å². The maximum Gasteiger partial charge on any atom is 0.106 e. The van der Waals surface area contributed by atoms with Crippen molar-refractivity contribution in [1.82, 2.24) is 0 Å². The van der Waals surface area contributed by atoms with Crippen LogP contribution in [-0.2, 0) is 0 Å². The van der Waals surface area contributed by atoms with Crippen molar-refractivity contribution in [3.63, 3.8) is 0 Å². The molecule has 0 aromatic rings. The van der Waals surface area contributed by atoms with E-state index in [1.165, 1.54) is 12.0 Å². The van der Waals surface area contributed by atoms with Gasteiger partial charge in [-0.25, -0.2) is 0 Å². The normalized spacial score (nSPS) is 18.9. The summed E-state index contributed by atoms with van der Waals surface area (Å²) in [6.07, 6.45) is 3.49. The molecule has 0 aromatic heterocycles. The molecule has 1 saturated carbocycles. The Balaban J connectivity index is 2.52. The van der Waals surface area contributed by atoms with Gasteiger partial charge in [0.05, 0.1) is 0 Å². The highest BCUT2D eigenvalue weighted by Gasteiger charge is 2.10. The van der Waals surface area contributed by atoms with Crippen molar-refractivity contribution in [1.29, 1.82) is 0 Å². The zero-order valence-electron chi connectivity index (χ0n) is 3.88. The molecule has 0 amide bonds. The van der Waals surface area contributed by atoms with E-state index >= 15 is 0 Å². The van der Waals surface area contributed by atoms with Crippen LogP contribution < -0.4 is 0 Å². The summed E-state index contributed by atoms with van der Waals surface area (Å²) < 4.78 is 0.492. The topological polar surface area (TPSA) is 0 Å². The minimum atomic E-state index is 0.492. The van der Waals surface area contributed by atoms with Gasteiger partial charge < -0.3 is 0 Å². The molecule has 0 spiro atoms. The molecule has 0 nitrogen and oxygen atoms in total. The van der Waals surface area contributed by atoms with Gasteiger partial charge in [0.15, 0.2) is 0 Å². The van der Waals surface area contributed by atoms with Crippen LogP contribution >= 0.6 is 23.2 Å². The van der Waals surface area contributed by atoms with Crippen LogP contribution in [0.5, 0.6) is 0 Å². The van der Waals surface area contributed by atoms with E-state index in [0.717, 1.165) is 12.8 Å². The van der Waals surface area contributed by atoms with Gasteiger partial charge in [-0.15, -0.1) is 0 Å². The monoisotopic (exact) mass is 136 g/mol. The van der Waals surface area contributed by atoms with Crippen LogP contribution in [0.4, 0.5) is 0 Å². The molecule has 0 saturated heterocycles. The number of allylic oxidation sites excluding steroid dienone is 1. The maximum absolute atomic E-state index is 5.42. The first-order chi connectivity index (χ1) is 3.30. The second-order valence-corrected chi connectivity index (χ2v) is 2.67. The lowest BCUT2D eigenvalue weighted by atomic mass is 9.94. The molecule has 0 heterocycles. The average molecular weight is 137 g/mol. The molecule has 0 aliphatic heterocycles. The lowest BCUT2D eigenvalue weighted by Gasteiger charge is -2.14. The molecule has 7 heavy (non-hydrogen) atoms. The van der Waals surface area contributed by atoms with Gasteiger partial charge in [-0.1, -0.05) is 23.2 Å². The highest BCUT2D eigenvalue weighted by atomic mass is 35.5. The van der Waals surface area contributed by atoms with Crippen molar-refractivity contribution in [3.05, 3.63) is 10.1 Å². The Morgan fingerprint density at radius 2 is 1.86 bits per heavy atom. The van der Waals surface area contributed by atoms with E-state index in [0.29, 0.717) is 4.49 Å². The second kappa shape index (κ2) is 2.06. The lowest BCUT2D eigenvalue weighted by Crippen LogP contribution is -1.95. The van der Waals surface area contributed by atoms with Gasteiger partial charge in [-0.05, 0) is 24.8 Å². The van der Waals surface area contributed by atoms with Gasteiger partial charge in [0, 0.05) is 0 Å². The predicted molar refractivity (Wildman–Crippen MR) is 32.6 cm³/mol. The van der Waals surface area contributed by atoms with E-state index < -0.39 is 0 Å². The Morgan fingerprint density at radius 3 is 1.86 bits per heavy atom. The van der Waals surface area contributed by atoms with Crippen LogP contribution in [0, 0.1) is 0 Å². The van der Waals surface area contributed by atoms with Crippen molar-refractivity contribution in [2.24, 2.45) is 0 Å². The number of hydrogen-bond acceptors (Lipinski definition) is 0. The van der Waals surface area contributed by atoms with E-state index in [9.17, 15) is 0 Å². The van der Waals surface area contributed by atoms with Crippen LogP contribution in [0.3, 0.4) is 0 Å². The summed E-state index contributed by atoms with van der Waals surface area (Å²) in [5, 5.41) is 0. The summed E-state index contributed by atoms with van der Waals surface area (Å²) in [5.41, 5.74) is 1.23. The van der Waals surface area contributed by atoms with Crippen LogP contribution in [-0.4, -0.2) is 0 Å². The highest BCUT2D eigenvalue weighted by molar-refractivity contribution is 6.56. The standard InChI is InChI=1S/C5H6Cl2/c6-5(7)4-2-1-3-4/h1-3H2. The molecule has 1 rings (SSSR count). The third kappa shape index (κ3) is 1.11. The minimum Gasteiger partial charge on any atom is -0.0709 e. The first kappa shape index (κ1) is 5.46. The summed E-state index contributed by atoms with van der Waals surface area (Å²) in [7, 11) is 0. The van der Waals surface area contributed by atoms with E-state index in [1.54, 1.807) is 0 Å². The van der Waals surface area contributed by atoms with Gasteiger partial charge in [0.1, 0.15) is 4.49 Å². The third-order valence-corrected chi connectivity index (χ3v) is 1.76. The lowest BCUT2D eigenvalue weighted by molar-refractivity contribution is 0.663. The van der Waals surface area contributed by atoms with Gasteiger partial charge in [-0.2, -0.15) is 0 Å². The number of halogens is 2. The summed E-state index contributed by atoms with van der Waals surface area (Å²) in [6.45, 7) is 0. The van der Waals surface area contributed by atoms with Crippen molar-refractivity contribution in [2.75, 3.05) is 0 Å². The Morgan fingerprint density at radius 1 is 1.29 bits per heavy atom. The van der Waals surface area contributed by atoms with E-state index in [4.69, 9.17) is 23.2 Å². The smallest absolute Gasteiger partial charge is 0.0709 e. The summed E-state index contributed by atoms with van der Waals surface area (Å²) in [6, 6.07) is 0. The van der Waals surface area contributed by atoms with Crippen molar-refractivity contribution < 1.29 is 0 Å². The molecule has 1 aliphatic carbocycles. The van der Waals surface area contributed by atoms with Crippen LogP contribution in [0.1, 0.15) is 19.3 Å². The van der Waals surface area contributed by atoms with Crippen molar-refractivity contribution in [3.8, 4) is 0 Å². The Bertz CT molecular complexity index is 94.6. The Kier molecular flexibility index (Phi) is 1.61.